The van der Waals surface area contributed by atoms with Gasteiger partial charge in [-0.05, 0) is 57.9 Å². The van der Waals surface area contributed by atoms with E-state index in [0.717, 1.165) is 15.8 Å². The number of benzene rings is 2. The molecule has 0 spiro atoms. The molecule has 2 aromatic carbocycles. The third-order valence-corrected chi connectivity index (χ3v) is 3.95. The van der Waals surface area contributed by atoms with Crippen molar-refractivity contribution in [3.8, 4) is 5.75 Å². The molecule has 114 valence electrons. The van der Waals surface area contributed by atoms with Gasteiger partial charge in [0.15, 0.2) is 0 Å². The monoisotopic (exact) mass is 425 g/mol. The van der Waals surface area contributed by atoms with Crippen LogP contribution in [0.25, 0.3) is 0 Å². The van der Waals surface area contributed by atoms with Crippen LogP contribution in [0.2, 0.25) is 0 Å². The number of rotatable bonds is 4. The molecule has 7 heteroatoms. The van der Waals surface area contributed by atoms with Gasteiger partial charge in [0.05, 0.1) is 24.6 Å². The maximum Gasteiger partial charge on any atom is 0.273 e. The molecule has 2 rings (SSSR count). The Morgan fingerprint density at radius 1 is 1.27 bits per heavy atom. The molecule has 0 heterocycles. The number of nitrogens with one attached hydrogen (secondary N) is 1. The fourth-order valence-corrected chi connectivity index (χ4v) is 2.91. The lowest BCUT2D eigenvalue weighted by Gasteiger charge is -2.07. The molecule has 0 fully saturated rings. The number of carbonyl (C=O) groups is 1. The fourth-order valence-electron chi connectivity index (χ4n) is 1.69. The summed E-state index contributed by atoms with van der Waals surface area (Å²) in [5.74, 6) is 0.372. The van der Waals surface area contributed by atoms with Crippen LogP contribution >= 0.6 is 31.9 Å². The molecule has 1 amide bonds. The third kappa shape index (κ3) is 4.08. The normalized spacial score (nSPS) is 10.7. The number of carbonyl (C=O) groups excluding carboxylic acids is 1. The van der Waals surface area contributed by atoms with Gasteiger partial charge in [0, 0.05) is 8.95 Å². The van der Waals surface area contributed by atoms with Crippen molar-refractivity contribution >= 4 is 49.7 Å². The van der Waals surface area contributed by atoms with Gasteiger partial charge in [-0.25, -0.2) is 5.43 Å². The topological polar surface area (TPSA) is 76.7 Å². The van der Waals surface area contributed by atoms with Crippen molar-refractivity contribution in [1.82, 2.24) is 5.43 Å². The van der Waals surface area contributed by atoms with Crippen LogP contribution < -0.4 is 15.9 Å². The van der Waals surface area contributed by atoms with Crippen molar-refractivity contribution < 1.29 is 9.53 Å². The van der Waals surface area contributed by atoms with E-state index in [1.807, 2.05) is 24.3 Å². The van der Waals surface area contributed by atoms with Gasteiger partial charge in [-0.1, -0.05) is 15.9 Å². The number of nitrogen functional groups attached to an aromatic ring is 1. The second-order valence-corrected chi connectivity index (χ2v) is 6.09. The largest absolute Gasteiger partial charge is 0.497 e. The molecule has 2 aromatic rings. The predicted octanol–water partition coefficient (Wildman–Crippen LogP) is 3.57. The summed E-state index contributed by atoms with van der Waals surface area (Å²) in [4.78, 5) is 12.1. The minimum Gasteiger partial charge on any atom is -0.497 e. The molecule has 22 heavy (non-hydrogen) atoms. The lowest BCUT2D eigenvalue weighted by molar-refractivity contribution is 0.0956. The first-order chi connectivity index (χ1) is 10.5. The van der Waals surface area contributed by atoms with Gasteiger partial charge in [-0.15, -0.1) is 0 Å². The fraction of sp³-hybridized carbons (Fsp3) is 0.0667. The molecule has 0 saturated heterocycles. The van der Waals surface area contributed by atoms with Gasteiger partial charge < -0.3 is 10.5 Å². The Labute approximate surface area is 144 Å². The van der Waals surface area contributed by atoms with Gasteiger partial charge in [-0.3, -0.25) is 4.79 Å². The van der Waals surface area contributed by atoms with Gasteiger partial charge in [0.1, 0.15) is 5.75 Å². The number of anilines is 1. The van der Waals surface area contributed by atoms with Crippen molar-refractivity contribution in [3.05, 3.63) is 56.5 Å². The number of halogens is 2. The number of hydrazone groups is 1. The Kier molecular flexibility index (Phi) is 5.57. The highest BCUT2D eigenvalue weighted by molar-refractivity contribution is 9.11. The SMILES string of the molecule is COc1ccc(C=NNC(=O)c2cc(Br)cc(Br)c2N)cc1. The van der Waals surface area contributed by atoms with Crippen molar-refractivity contribution in [2.45, 2.75) is 0 Å². The Morgan fingerprint density at radius 3 is 2.59 bits per heavy atom. The van der Waals surface area contributed by atoms with E-state index in [9.17, 15) is 4.79 Å². The quantitative estimate of drug-likeness (QED) is 0.445. The van der Waals surface area contributed by atoms with Crippen LogP contribution in [0.1, 0.15) is 15.9 Å². The van der Waals surface area contributed by atoms with Crippen LogP contribution in [0.15, 0.2) is 50.4 Å². The number of ether oxygens (including phenoxy) is 1. The zero-order valence-electron chi connectivity index (χ0n) is 11.6. The molecule has 0 aliphatic heterocycles. The molecule has 0 unspecified atom stereocenters. The van der Waals surface area contributed by atoms with E-state index in [4.69, 9.17) is 10.5 Å². The summed E-state index contributed by atoms with van der Waals surface area (Å²) in [5, 5.41) is 3.92. The highest BCUT2D eigenvalue weighted by atomic mass is 79.9. The first-order valence-corrected chi connectivity index (χ1v) is 7.82. The minimum absolute atomic E-state index is 0.341. The average Bonchev–Trinajstić information content (AvgIpc) is 2.51. The summed E-state index contributed by atoms with van der Waals surface area (Å²) in [7, 11) is 1.60. The smallest absolute Gasteiger partial charge is 0.273 e. The zero-order valence-corrected chi connectivity index (χ0v) is 14.8. The van der Waals surface area contributed by atoms with E-state index in [-0.39, 0.29) is 5.91 Å². The zero-order chi connectivity index (χ0) is 16.1. The summed E-state index contributed by atoms with van der Waals surface area (Å²) in [5.41, 5.74) is 9.86. The Morgan fingerprint density at radius 2 is 1.95 bits per heavy atom. The molecule has 5 nitrogen and oxygen atoms in total. The molecule has 0 aromatic heterocycles. The molecule has 0 bridgehead atoms. The van der Waals surface area contributed by atoms with Crippen LogP contribution in [0, 0.1) is 0 Å². The molecular formula is C15H13Br2N3O2. The highest BCUT2D eigenvalue weighted by Gasteiger charge is 2.12. The van der Waals surface area contributed by atoms with E-state index in [2.05, 4.69) is 42.4 Å². The van der Waals surface area contributed by atoms with Gasteiger partial charge in [0.25, 0.3) is 5.91 Å². The minimum atomic E-state index is -0.385. The summed E-state index contributed by atoms with van der Waals surface area (Å²) < 4.78 is 6.46. The highest BCUT2D eigenvalue weighted by Crippen LogP contribution is 2.28. The molecule has 0 saturated carbocycles. The average molecular weight is 427 g/mol. The first kappa shape index (κ1) is 16.5. The van der Waals surface area contributed by atoms with E-state index in [1.165, 1.54) is 0 Å². The predicted molar refractivity (Wildman–Crippen MR) is 94.3 cm³/mol. The summed E-state index contributed by atoms with van der Waals surface area (Å²) in [6.45, 7) is 0. The van der Waals surface area contributed by atoms with Crippen molar-refractivity contribution in [1.29, 1.82) is 0 Å². The van der Waals surface area contributed by atoms with Crippen molar-refractivity contribution in [2.75, 3.05) is 12.8 Å². The second-order valence-electron chi connectivity index (χ2n) is 4.32. The Balaban J connectivity index is 2.07. The summed E-state index contributed by atoms with van der Waals surface area (Å²) in [6.07, 6.45) is 1.54. The van der Waals surface area contributed by atoms with E-state index in [1.54, 1.807) is 25.5 Å². The standard InChI is InChI=1S/C15H13Br2N3O2/c1-22-11-4-2-9(3-5-11)8-19-20-15(21)12-6-10(16)7-13(17)14(12)18/h2-8H,18H2,1H3,(H,20,21). The molecular weight excluding hydrogens is 414 g/mol. The number of methoxy groups -OCH3 is 1. The van der Waals surface area contributed by atoms with Crippen LogP contribution in [0.5, 0.6) is 5.75 Å². The molecule has 0 atom stereocenters. The van der Waals surface area contributed by atoms with Crippen LogP contribution in [0.4, 0.5) is 5.69 Å². The van der Waals surface area contributed by atoms with Crippen LogP contribution in [-0.4, -0.2) is 19.2 Å². The lowest BCUT2D eigenvalue weighted by atomic mass is 10.2. The number of hydrogen-bond donors (Lipinski definition) is 2. The molecule has 0 aliphatic carbocycles. The number of nitrogens with two attached hydrogens (primary N) is 1. The lowest BCUT2D eigenvalue weighted by Crippen LogP contribution is -2.19. The Bertz CT molecular complexity index is 715. The maximum absolute atomic E-state index is 12.1. The summed E-state index contributed by atoms with van der Waals surface area (Å²) in [6, 6.07) is 10.7. The van der Waals surface area contributed by atoms with Gasteiger partial charge >= 0.3 is 0 Å². The first-order valence-electron chi connectivity index (χ1n) is 6.23. The Hall–Kier alpha value is -1.86. The van der Waals surface area contributed by atoms with E-state index in [0.29, 0.717) is 15.7 Å². The second kappa shape index (κ2) is 7.42. The molecule has 3 N–H and O–H groups in total. The number of amides is 1. The van der Waals surface area contributed by atoms with Gasteiger partial charge in [0.2, 0.25) is 0 Å². The molecule has 0 aliphatic rings. The van der Waals surface area contributed by atoms with E-state index < -0.39 is 0 Å². The number of nitrogens with zero attached hydrogens (tertiary/aromatic N) is 1. The van der Waals surface area contributed by atoms with Crippen molar-refractivity contribution in [2.24, 2.45) is 5.10 Å². The van der Waals surface area contributed by atoms with Crippen LogP contribution in [-0.2, 0) is 0 Å². The number of hydrogen-bond acceptors (Lipinski definition) is 4. The third-order valence-electron chi connectivity index (χ3n) is 2.83. The maximum atomic E-state index is 12.1. The van der Waals surface area contributed by atoms with Crippen LogP contribution in [0.3, 0.4) is 0 Å². The van der Waals surface area contributed by atoms with Gasteiger partial charge in [-0.2, -0.15) is 5.10 Å². The van der Waals surface area contributed by atoms with E-state index >= 15 is 0 Å². The van der Waals surface area contributed by atoms with Crippen molar-refractivity contribution in [3.63, 3.8) is 0 Å². The summed E-state index contributed by atoms with van der Waals surface area (Å²) >= 11 is 6.62. The molecule has 0 radical (unpaired) electrons.